The number of nitriles is 1. The van der Waals surface area contributed by atoms with E-state index in [0.717, 1.165) is 77.0 Å². The second-order valence-electron chi connectivity index (χ2n) is 13.1. The summed E-state index contributed by atoms with van der Waals surface area (Å²) in [6.07, 6.45) is 0. The van der Waals surface area contributed by atoms with Gasteiger partial charge in [-0.15, -0.1) is 0 Å². The normalized spacial score (nSPS) is 11.4. The van der Waals surface area contributed by atoms with E-state index in [1.165, 1.54) is 5.39 Å². The molecule has 0 atom stereocenters. The van der Waals surface area contributed by atoms with E-state index in [1.54, 1.807) is 0 Å². The summed E-state index contributed by atoms with van der Waals surface area (Å²) >= 11 is 0. The molecule has 2 aromatic heterocycles. The largest absolute Gasteiger partial charge is 0.456 e. The van der Waals surface area contributed by atoms with Crippen LogP contribution in [0.2, 0.25) is 0 Å². The van der Waals surface area contributed by atoms with Gasteiger partial charge >= 0.3 is 0 Å². The Morgan fingerprint density at radius 1 is 0.396 bits per heavy atom. The van der Waals surface area contributed by atoms with Gasteiger partial charge in [0, 0.05) is 27.5 Å². The highest BCUT2D eigenvalue weighted by Gasteiger charge is 2.18. The van der Waals surface area contributed by atoms with Crippen molar-refractivity contribution in [1.82, 2.24) is 15.0 Å². The molecule has 8 aromatic carbocycles. The second-order valence-corrected chi connectivity index (χ2v) is 13.1. The molecule has 246 valence electrons. The third kappa shape index (κ3) is 5.29. The molecule has 0 bridgehead atoms. The van der Waals surface area contributed by atoms with Crippen LogP contribution in [0, 0.1) is 11.3 Å². The van der Waals surface area contributed by atoms with Gasteiger partial charge in [0.1, 0.15) is 11.2 Å². The van der Waals surface area contributed by atoms with Gasteiger partial charge in [-0.25, -0.2) is 15.0 Å². The predicted molar refractivity (Wildman–Crippen MR) is 214 cm³/mol. The van der Waals surface area contributed by atoms with Gasteiger partial charge in [0.15, 0.2) is 17.5 Å². The third-order valence-electron chi connectivity index (χ3n) is 9.93. The fourth-order valence-electron chi connectivity index (χ4n) is 7.42. The lowest BCUT2D eigenvalue weighted by atomic mass is 9.96. The number of rotatable bonds is 5. The Balaban J connectivity index is 1.19. The van der Waals surface area contributed by atoms with Crippen molar-refractivity contribution in [3.05, 3.63) is 175 Å². The highest BCUT2D eigenvalue weighted by atomic mass is 16.3. The Hall–Kier alpha value is -7.42. The van der Waals surface area contributed by atoms with E-state index in [0.29, 0.717) is 23.0 Å². The summed E-state index contributed by atoms with van der Waals surface area (Å²) in [5, 5.41) is 16.2. The lowest BCUT2D eigenvalue weighted by Crippen LogP contribution is -2.01. The summed E-state index contributed by atoms with van der Waals surface area (Å²) in [5.74, 6) is 1.68. The zero-order valence-electron chi connectivity index (χ0n) is 28.4. The molecule has 0 radical (unpaired) electrons. The number of benzene rings is 8. The van der Waals surface area contributed by atoms with Crippen LogP contribution in [0.5, 0.6) is 0 Å². The number of hydrogen-bond donors (Lipinski definition) is 0. The minimum atomic E-state index is 0.546. The first-order valence-corrected chi connectivity index (χ1v) is 17.5. The van der Waals surface area contributed by atoms with E-state index in [4.69, 9.17) is 19.4 Å². The number of aromatic nitrogens is 3. The van der Waals surface area contributed by atoms with Gasteiger partial charge < -0.3 is 4.42 Å². The molecule has 0 fully saturated rings. The first-order chi connectivity index (χ1) is 26.2. The van der Waals surface area contributed by atoms with Crippen molar-refractivity contribution in [1.29, 1.82) is 5.26 Å². The average molecular weight is 677 g/mol. The van der Waals surface area contributed by atoms with Crippen molar-refractivity contribution in [2.75, 3.05) is 0 Å². The Kier molecular flexibility index (Phi) is 7.12. The third-order valence-corrected chi connectivity index (χ3v) is 9.93. The van der Waals surface area contributed by atoms with Gasteiger partial charge in [-0.1, -0.05) is 127 Å². The lowest BCUT2D eigenvalue weighted by molar-refractivity contribution is 0.669. The van der Waals surface area contributed by atoms with Gasteiger partial charge in [-0.2, -0.15) is 5.26 Å². The Morgan fingerprint density at radius 2 is 1.04 bits per heavy atom. The van der Waals surface area contributed by atoms with Gasteiger partial charge in [0.2, 0.25) is 0 Å². The molecule has 0 aliphatic heterocycles. The van der Waals surface area contributed by atoms with Gasteiger partial charge in [-0.05, 0) is 86.3 Å². The molecule has 0 spiro atoms. The minimum absolute atomic E-state index is 0.546. The lowest BCUT2D eigenvalue weighted by Gasteiger charge is -2.13. The van der Waals surface area contributed by atoms with Crippen LogP contribution >= 0.6 is 0 Å². The minimum Gasteiger partial charge on any atom is -0.456 e. The van der Waals surface area contributed by atoms with E-state index >= 15 is 0 Å². The number of nitrogens with zero attached hydrogens (tertiary/aromatic N) is 4. The number of furan rings is 1. The maximum atomic E-state index is 9.55. The SMILES string of the molecule is N#Cc1cccc(-c2cccc(-c3nc(-c4ccc5c(c4)oc4cccc(-c6ccccc6)c45)nc(-c4cc5ccccc5c5ccccc45)n3)c2)c1. The molecule has 0 amide bonds. The van der Waals surface area contributed by atoms with Gasteiger partial charge in [0.25, 0.3) is 0 Å². The molecule has 0 saturated carbocycles. The molecule has 0 aliphatic rings. The zero-order chi connectivity index (χ0) is 35.3. The maximum Gasteiger partial charge on any atom is 0.164 e. The second kappa shape index (κ2) is 12.4. The van der Waals surface area contributed by atoms with E-state index < -0.39 is 0 Å². The molecular formula is C48H28N4O. The van der Waals surface area contributed by atoms with Crippen molar-refractivity contribution in [3.63, 3.8) is 0 Å². The fourth-order valence-corrected chi connectivity index (χ4v) is 7.42. The van der Waals surface area contributed by atoms with Crippen molar-refractivity contribution in [3.8, 4) is 62.5 Å². The fraction of sp³-hybridized carbons (Fsp3) is 0. The Bertz CT molecular complexity index is 3080. The summed E-state index contributed by atoms with van der Waals surface area (Å²) in [5.41, 5.74) is 8.99. The van der Waals surface area contributed by atoms with Gasteiger partial charge in [0.05, 0.1) is 11.6 Å². The number of hydrogen-bond acceptors (Lipinski definition) is 5. The molecule has 0 saturated heterocycles. The van der Waals surface area contributed by atoms with E-state index in [-0.39, 0.29) is 0 Å². The van der Waals surface area contributed by atoms with Crippen LogP contribution in [-0.4, -0.2) is 15.0 Å². The zero-order valence-corrected chi connectivity index (χ0v) is 28.4. The molecule has 10 rings (SSSR count). The van der Waals surface area contributed by atoms with Crippen LogP contribution in [0.4, 0.5) is 0 Å². The van der Waals surface area contributed by atoms with Crippen LogP contribution in [-0.2, 0) is 0 Å². The van der Waals surface area contributed by atoms with Crippen molar-refractivity contribution < 1.29 is 4.42 Å². The molecule has 0 N–H and O–H groups in total. The molecule has 0 aliphatic carbocycles. The summed E-state index contributed by atoms with van der Waals surface area (Å²) in [6, 6.07) is 59.9. The van der Waals surface area contributed by atoms with Crippen molar-refractivity contribution in [2.45, 2.75) is 0 Å². The molecule has 5 heteroatoms. The molecule has 10 aromatic rings. The maximum absolute atomic E-state index is 9.55. The standard InChI is InChI=1S/C48H28N4O/c49-29-30-11-8-15-32(25-30)33-16-9-17-35(26-33)46-50-47(52-48(51-46)42-27-34-14-4-5-18-37(34)39-19-6-7-20-40(39)42)36-23-24-41-44(28-36)53-43-22-10-21-38(45(41)43)31-12-2-1-3-13-31/h1-28H. The smallest absolute Gasteiger partial charge is 0.164 e. The molecular weight excluding hydrogens is 649 g/mol. The molecule has 5 nitrogen and oxygen atoms in total. The van der Waals surface area contributed by atoms with Crippen molar-refractivity contribution in [2.24, 2.45) is 0 Å². The molecule has 2 heterocycles. The van der Waals surface area contributed by atoms with Crippen LogP contribution in [0.15, 0.2) is 174 Å². The van der Waals surface area contributed by atoms with E-state index in [1.807, 2.05) is 66.7 Å². The van der Waals surface area contributed by atoms with Crippen LogP contribution < -0.4 is 0 Å². The highest BCUT2D eigenvalue weighted by Crippen LogP contribution is 2.39. The predicted octanol–water partition coefficient (Wildman–Crippen LogP) is 12.3. The van der Waals surface area contributed by atoms with Crippen LogP contribution in [0.1, 0.15) is 5.56 Å². The van der Waals surface area contributed by atoms with Crippen LogP contribution in [0.3, 0.4) is 0 Å². The quantitative estimate of drug-likeness (QED) is 0.170. The monoisotopic (exact) mass is 676 g/mol. The summed E-state index contributed by atoms with van der Waals surface area (Å²) in [6.45, 7) is 0. The highest BCUT2D eigenvalue weighted by molar-refractivity contribution is 6.14. The average Bonchev–Trinajstić information content (AvgIpc) is 3.62. The van der Waals surface area contributed by atoms with Gasteiger partial charge in [-0.3, -0.25) is 0 Å². The molecule has 53 heavy (non-hydrogen) atoms. The summed E-state index contributed by atoms with van der Waals surface area (Å²) < 4.78 is 6.50. The topological polar surface area (TPSA) is 75.6 Å². The Morgan fingerprint density at radius 3 is 1.87 bits per heavy atom. The Labute approximate surface area is 305 Å². The first-order valence-electron chi connectivity index (χ1n) is 17.5. The first kappa shape index (κ1) is 30.4. The van der Waals surface area contributed by atoms with Crippen LogP contribution in [0.25, 0.3) is 99.9 Å². The van der Waals surface area contributed by atoms with E-state index in [2.05, 4.69) is 109 Å². The number of fused-ring (bicyclic) bond motifs is 6. The van der Waals surface area contributed by atoms with Crippen molar-refractivity contribution >= 4 is 43.5 Å². The summed E-state index contributed by atoms with van der Waals surface area (Å²) in [4.78, 5) is 15.5. The van der Waals surface area contributed by atoms with E-state index in [9.17, 15) is 5.26 Å². The molecule has 0 unspecified atom stereocenters. The summed E-state index contributed by atoms with van der Waals surface area (Å²) in [7, 11) is 0.